The normalized spacial score (nSPS) is 11.6. The van der Waals surface area contributed by atoms with Crippen LogP contribution in [0.2, 0.25) is 0 Å². The Bertz CT molecular complexity index is 3910. The summed E-state index contributed by atoms with van der Waals surface area (Å²) in [7, 11) is 0. The summed E-state index contributed by atoms with van der Waals surface area (Å²) in [4.78, 5) is 10.2. The van der Waals surface area contributed by atoms with Crippen LogP contribution in [0.5, 0.6) is 0 Å². The first-order valence-electron chi connectivity index (χ1n) is 22.5. The number of fused-ring (bicyclic) bond motifs is 7. The zero-order valence-corrected chi connectivity index (χ0v) is 35.9. The van der Waals surface area contributed by atoms with Crippen molar-refractivity contribution in [1.82, 2.24) is 19.1 Å². The summed E-state index contributed by atoms with van der Waals surface area (Å²) < 4.78 is 4.79. The fourth-order valence-corrected chi connectivity index (χ4v) is 10.0. The van der Waals surface area contributed by atoms with Gasteiger partial charge in [0.05, 0.1) is 33.5 Å². The van der Waals surface area contributed by atoms with Gasteiger partial charge in [-0.2, -0.15) is 0 Å². The van der Waals surface area contributed by atoms with E-state index in [0.29, 0.717) is 5.82 Å². The van der Waals surface area contributed by atoms with Gasteiger partial charge >= 0.3 is 0 Å². The van der Waals surface area contributed by atoms with E-state index < -0.39 is 0 Å². The first kappa shape index (κ1) is 37.7. The van der Waals surface area contributed by atoms with Gasteiger partial charge in [0.2, 0.25) is 0 Å². The van der Waals surface area contributed by atoms with Gasteiger partial charge in [-0.1, -0.05) is 176 Å². The molecule has 0 saturated carbocycles. The van der Waals surface area contributed by atoms with Gasteiger partial charge in [0.25, 0.3) is 0 Å². The second-order valence-corrected chi connectivity index (χ2v) is 17.0. The molecule has 0 fully saturated rings. The van der Waals surface area contributed by atoms with Crippen molar-refractivity contribution in [2.24, 2.45) is 0 Å². The highest BCUT2D eigenvalue weighted by Crippen LogP contribution is 2.40. The average molecular weight is 841 g/mol. The molecule has 3 heterocycles. The third-order valence-electron chi connectivity index (χ3n) is 13.1. The van der Waals surface area contributed by atoms with E-state index in [2.05, 4.69) is 228 Å². The molecular formula is C62H40N4. The summed E-state index contributed by atoms with van der Waals surface area (Å²) in [6.07, 6.45) is 0. The van der Waals surface area contributed by atoms with Crippen LogP contribution in [0.4, 0.5) is 0 Å². The highest BCUT2D eigenvalue weighted by atomic mass is 15.0. The van der Waals surface area contributed by atoms with Crippen LogP contribution in [0.25, 0.3) is 122 Å². The van der Waals surface area contributed by atoms with Crippen LogP contribution >= 0.6 is 0 Å². The molecule has 10 aromatic carbocycles. The summed E-state index contributed by atoms with van der Waals surface area (Å²) >= 11 is 0. The Balaban J connectivity index is 0.899. The lowest BCUT2D eigenvalue weighted by Crippen LogP contribution is -1.97. The van der Waals surface area contributed by atoms with E-state index in [4.69, 9.17) is 9.97 Å². The molecule has 3 aromatic heterocycles. The molecule has 66 heavy (non-hydrogen) atoms. The van der Waals surface area contributed by atoms with Crippen molar-refractivity contribution in [1.29, 1.82) is 0 Å². The number of nitrogens with zero attached hydrogens (tertiary/aromatic N) is 4. The Hall–Kier alpha value is -8.86. The molecule has 0 aliphatic carbocycles. The Morgan fingerprint density at radius 2 is 0.742 bits per heavy atom. The topological polar surface area (TPSA) is 35.6 Å². The van der Waals surface area contributed by atoms with Crippen LogP contribution in [0.3, 0.4) is 0 Å². The number of aromatic nitrogens is 4. The van der Waals surface area contributed by atoms with E-state index in [-0.39, 0.29) is 0 Å². The number of hydrogen-bond acceptors (Lipinski definition) is 2. The van der Waals surface area contributed by atoms with Crippen molar-refractivity contribution in [3.8, 4) is 67.5 Å². The van der Waals surface area contributed by atoms with Crippen LogP contribution < -0.4 is 0 Å². The van der Waals surface area contributed by atoms with Crippen molar-refractivity contribution in [3.05, 3.63) is 243 Å². The van der Waals surface area contributed by atoms with E-state index in [9.17, 15) is 0 Å². The van der Waals surface area contributed by atoms with Gasteiger partial charge in [-0.25, -0.2) is 9.97 Å². The highest BCUT2D eigenvalue weighted by Gasteiger charge is 2.18. The largest absolute Gasteiger partial charge is 0.309 e. The van der Waals surface area contributed by atoms with Gasteiger partial charge in [0.15, 0.2) is 5.82 Å². The molecule has 0 N–H and O–H groups in total. The smallest absolute Gasteiger partial charge is 0.160 e. The van der Waals surface area contributed by atoms with Crippen LogP contribution in [-0.4, -0.2) is 19.1 Å². The Labute approximate surface area is 382 Å². The van der Waals surface area contributed by atoms with Crippen molar-refractivity contribution < 1.29 is 0 Å². The third-order valence-corrected chi connectivity index (χ3v) is 13.1. The molecular weight excluding hydrogens is 801 g/mol. The molecule has 0 spiro atoms. The molecule has 0 amide bonds. The van der Waals surface area contributed by atoms with Crippen LogP contribution in [0.1, 0.15) is 0 Å². The van der Waals surface area contributed by atoms with E-state index >= 15 is 0 Å². The van der Waals surface area contributed by atoms with E-state index in [1.807, 2.05) is 24.3 Å². The highest BCUT2D eigenvalue weighted by molar-refractivity contribution is 6.13. The predicted octanol–water partition coefficient (Wildman–Crippen LogP) is 16.2. The van der Waals surface area contributed by atoms with Gasteiger partial charge in [-0.15, -0.1) is 0 Å². The quantitative estimate of drug-likeness (QED) is 0.160. The summed E-state index contributed by atoms with van der Waals surface area (Å²) in [5, 5.41) is 7.41. The van der Waals surface area contributed by atoms with E-state index in [1.54, 1.807) is 0 Å². The summed E-state index contributed by atoms with van der Waals surface area (Å²) in [6.45, 7) is 0. The number of benzene rings is 10. The summed E-state index contributed by atoms with van der Waals surface area (Å²) in [6, 6.07) is 87.0. The first-order chi connectivity index (χ1) is 32.7. The van der Waals surface area contributed by atoms with Crippen LogP contribution in [0.15, 0.2) is 243 Å². The maximum atomic E-state index is 5.15. The van der Waals surface area contributed by atoms with Crippen molar-refractivity contribution in [2.75, 3.05) is 0 Å². The fraction of sp³-hybridized carbons (Fsp3) is 0. The number of hydrogen-bond donors (Lipinski definition) is 0. The van der Waals surface area contributed by atoms with Crippen LogP contribution in [0, 0.1) is 0 Å². The molecule has 308 valence electrons. The third kappa shape index (κ3) is 6.30. The second-order valence-electron chi connectivity index (χ2n) is 17.0. The number of para-hydroxylation sites is 2. The minimum atomic E-state index is 0.705. The standard InChI is InChI=1S/C62H40N4/c1-3-16-43(17-4-1)56-40-57(64-62(63-56)44-18-5-2-6-19-44)47-21-13-22-49(37-47)66-59-28-12-10-25-53(59)55-39-46(32-36-61(55)66)45-31-35-60-54(38-45)52-24-9-11-27-58(52)65(60)48-33-29-42(30-34-48)51-26-14-20-41-15-7-8-23-50(41)51/h1-40H. The monoisotopic (exact) mass is 840 g/mol. The van der Waals surface area contributed by atoms with Gasteiger partial charge in [0, 0.05) is 49.6 Å². The lowest BCUT2D eigenvalue weighted by Gasteiger charge is -2.12. The van der Waals surface area contributed by atoms with Gasteiger partial charge in [-0.05, 0) is 99.8 Å². The molecule has 0 unspecified atom stereocenters. The SMILES string of the molecule is c1ccc(-c2cc(-c3cccc(-n4c5ccccc5c5cc(-c6ccc7c(c6)c6ccccc6n7-c6ccc(-c7cccc8ccccc78)cc6)ccc54)c3)nc(-c3ccccc3)n2)cc1. The zero-order chi connectivity index (χ0) is 43.6. The summed E-state index contributed by atoms with van der Waals surface area (Å²) in [5.41, 5.74) is 16.6. The molecule has 4 nitrogen and oxygen atoms in total. The molecule has 13 rings (SSSR count). The Kier molecular flexibility index (Phi) is 8.81. The lowest BCUT2D eigenvalue weighted by atomic mass is 9.98. The van der Waals surface area contributed by atoms with Crippen LogP contribution in [-0.2, 0) is 0 Å². The van der Waals surface area contributed by atoms with Crippen molar-refractivity contribution in [3.63, 3.8) is 0 Å². The molecule has 4 heteroatoms. The van der Waals surface area contributed by atoms with Gasteiger partial charge < -0.3 is 9.13 Å². The molecule has 0 saturated heterocycles. The second kappa shape index (κ2) is 15.4. The van der Waals surface area contributed by atoms with Gasteiger partial charge in [0.1, 0.15) is 0 Å². The fourth-order valence-electron chi connectivity index (χ4n) is 10.0. The Morgan fingerprint density at radius 1 is 0.258 bits per heavy atom. The Morgan fingerprint density at radius 3 is 1.41 bits per heavy atom. The maximum Gasteiger partial charge on any atom is 0.160 e. The van der Waals surface area contributed by atoms with Crippen molar-refractivity contribution in [2.45, 2.75) is 0 Å². The predicted molar refractivity (Wildman–Crippen MR) is 275 cm³/mol. The minimum Gasteiger partial charge on any atom is -0.309 e. The molecule has 0 aliphatic heterocycles. The lowest BCUT2D eigenvalue weighted by molar-refractivity contribution is 1.16. The summed E-state index contributed by atoms with van der Waals surface area (Å²) in [5.74, 6) is 0.705. The molecule has 0 radical (unpaired) electrons. The number of rotatable bonds is 7. The molecule has 0 atom stereocenters. The maximum absolute atomic E-state index is 5.15. The first-order valence-corrected chi connectivity index (χ1v) is 22.5. The molecule has 13 aromatic rings. The minimum absolute atomic E-state index is 0.705. The van der Waals surface area contributed by atoms with Gasteiger partial charge in [-0.3, -0.25) is 0 Å². The van der Waals surface area contributed by atoms with Crippen molar-refractivity contribution >= 4 is 54.4 Å². The molecule has 0 bridgehead atoms. The zero-order valence-electron chi connectivity index (χ0n) is 35.9. The molecule has 0 aliphatic rings. The van der Waals surface area contributed by atoms with E-state index in [1.165, 1.54) is 65.6 Å². The van der Waals surface area contributed by atoms with E-state index in [0.717, 1.165) is 50.5 Å². The average Bonchev–Trinajstić information content (AvgIpc) is 3.91.